The number of halogens is 1. The number of piperidine rings is 1. The van der Waals surface area contributed by atoms with Gasteiger partial charge in [0.15, 0.2) is 0 Å². The van der Waals surface area contributed by atoms with Crippen LogP contribution in [0.3, 0.4) is 0 Å². The second-order valence-electron chi connectivity index (χ2n) is 3.97. The van der Waals surface area contributed by atoms with Crippen LogP contribution in [-0.2, 0) is 11.3 Å². The average Bonchev–Trinajstić information content (AvgIpc) is 2.73. The van der Waals surface area contributed by atoms with Gasteiger partial charge in [0, 0.05) is 11.4 Å². The Morgan fingerprint density at radius 2 is 2.50 bits per heavy atom. The molecule has 2 rings (SSSR count). The van der Waals surface area contributed by atoms with Gasteiger partial charge in [-0.15, -0.1) is 11.3 Å². The quantitative estimate of drug-likeness (QED) is 0.898. The fourth-order valence-electron chi connectivity index (χ4n) is 1.84. The summed E-state index contributed by atoms with van der Waals surface area (Å²) in [5, 5.41) is 6.24. The molecule has 3 nitrogen and oxygen atoms in total. The number of carbonyl (C=O) groups is 1. The molecule has 0 bridgehead atoms. The van der Waals surface area contributed by atoms with Gasteiger partial charge in [0.05, 0.1) is 16.2 Å². The highest BCUT2D eigenvalue weighted by molar-refractivity contribution is 9.11. The van der Waals surface area contributed by atoms with E-state index in [0.29, 0.717) is 6.54 Å². The summed E-state index contributed by atoms with van der Waals surface area (Å²) in [5.74, 6) is 0.328. The zero-order chi connectivity index (χ0) is 11.4. The Kier molecular flexibility index (Phi) is 4.37. The first-order valence-corrected chi connectivity index (χ1v) is 7.09. The Balaban J connectivity index is 1.78. The van der Waals surface area contributed by atoms with Gasteiger partial charge in [-0.05, 0) is 47.4 Å². The number of carbonyl (C=O) groups excluding carboxylic acids is 1. The van der Waals surface area contributed by atoms with Gasteiger partial charge >= 0.3 is 0 Å². The molecule has 1 aromatic rings. The lowest BCUT2D eigenvalue weighted by Crippen LogP contribution is -2.40. The number of nitrogens with one attached hydrogen (secondary N) is 2. The monoisotopic (exact) mass is 302 g/mol. The lowest BCUT2D eigenvalue weighted by molar-refractivity contribution is -0.125. The van der Waals surface area contributed by atoms with E-state index in [1.165, 1.54) is 4.88 Å². The van der Waals surface area contributed by atoms with Crippen molar-refractivity contribution in [1.29, 1.82) is 0 Å². The van der Waals surface area contributed by atoms with Gasteiger partial charge in [-0.25, -0.2) is 0 Å². The Hall–Kier alpha value is -0.390. The van der Waals surface area contributed by atoms with E-state index in [9.17, 15) is 4.79 Å². The first-order valence-electron chi connectivity index (χ1n) is 5.48. The van der Waals surface area contributed by atoms with Crippen LogP contribution in [0.15, 0.2) is 15.9 Å². The number of thiophene rings is 1. The molecule has 2 heterocycles. The first-order chi connectivity index (χ1) is 7.75. The molecule has 2 N–H and O–H groups in total. The maximum Gasteiger partial charge on any atom is 0.224 e. The summed E-state index contributed by atoms with van der Waals surface area (Å²) < 4.78 is 1.11. The molecular weight excluding hydrogens is 288 g/mol. The minimum atomic E-state index is 0.150. The highest BCUT2D eigenvalue weighted by Gasteiger charge is 2.20. The summed E-state index contributed by atoms with van der Waals surface area (Å²) in [6, 6.07) is 4.04. The molecule has 0 radical (unpaired) electrons. The predicted octanol–water partition coefficient (Wildman–Crippen LogP) is 2.13. The molecular formula is C11H15BrN2OS. The molecule has 0 unspecified atom stereocenters. The van der Waals surface area contributed by atoms with Crippen LogP contribution in [0.2, 0.25) is 0 Å². The fraction of sp³-hybridized carbons (Fsp3) is 0.545. The molecule has 0 aliphatic carbocycles. The summed E-state index contributed by atoms with van der Waals surface area (Å²) in [5.41, 5.74) is 0. The largest absolute Gasteiger partial charge is 0.351 e. The van der Waals surface area contributed by atoms with Crippen molar-refractivity contribution in [2.75, 3.05) is 13.1 Å². The van der Waals surface area contributed by atoms with Crippen molar-refractivity contribution in [1.82, 2.24) is 10.6 Å². The van der Waals surface area contributed by atoms with Crippen LogP contribution in [0.1, 0.15) is 17.7 Å². The fourth-order valence-corrected chi connectivity index (χ4v) is 3.26. The Labute approximate surface area is 108 Å². The maximum absolute atomic E-state index is 11.8. The highest BCUT2D eigenvalue weighted by atomic mass is 79.9. The van der Waals surface area contributed by atoms with Crippen LogP contribution in [0, 0.1) is 5.92 Å². The number of rotatable bonds is 3. The minimum Gasteiger partial charge on any atom is -0.351 e. The van der Waals surface area contributed by atoms with Crippen molar-refractivity contribution in [3.63, 3.8) is 0 Å². The molecule has 16 heavy (non-hydrogen) atoms. The lowest BCUT2D eigenvalue weighted by Gasteiger charge is -2.21. The Morgan fingerprint density at radius 1 is 1.62 bits per heavy atom. The third-order valence-corrected chi connectivity index (χ3v) is 4.36. The van der Waals surface area contributed by atoms with Gasteiger partial charge in [0.2, 0.25) is 5.91 Å². The van der Waals surface area contributed by atoms with Gasteiger partial charge in [-0.2, -0.15) is 0 Å². The van der Waals surface area contributed by atoms with E-state index in [4.69, 9.17) is 0 Å². The lowest BCUT2D eigenvalue weighted by atomic mass is 9.99. The summed E-state index contributed by atoms with van der Waals surface area (Å²) >= 11 is 5.07. The van der Waals surface area contributed by atoms with Crippen LogP contribution >= 0.6 is 27.3 Å². The standard InChI is InChI=1S/C11H15BrN2OS/c12-10-4-3-9(16-10)7-14-11(15)8-2-1-5-13-6-8/h3-4,8,13H,1-2,5-7H2,(H,14,15)/t8-/m1/s1. The van der Waals surface area contributed by atoms with Crippen molar-refractivity contribution in [2.24, 2.45) is 5.92 Å². The summed E-state index contributed by atoms with van der Waals surface area (Å²) in [6.07, 6.45) is 2.11. The van der Waals surface area contributed by atoms with Crippen LogP contribution in [0.25, 0.3) is 0 Å². The summed E-state index contributed by atoms with van der Waals surface area (Å²) in [4.78, 5) is 13.0. The molecule has 5 heteroatoms. The molecule has 1 saturated heterocycles. The zero-order valence-electron chi connectivity index (χ0n) is 8.96. The zero-order valence-corrected chi connectivity index (χ0v) is 11.4. The van der Waals surface area contributed by atoms with Gasteiger partial charge in [0.1, 0.15) is 0 Å². The summed E-state index contributed by atoms with van der Waals surface area (Å²) in [7, 11) is 0. The first kappa shape index (κ1) is 12.1. The molecule has 1 aromatic heterocycles. The second-order valence-corrected chi connectivity index (χ2v) is 6.51. The van der Waals surface area contributed by atoms with Crippen molar-refractivity contribution in [3.05, 3.63) is 20.8 Å². The molecule has 1 atom stereocenters. The van der Waals surface area contributed by atoms with Crippen LogP contribution in [-0.4, -0.2) is 19.0 Å². The molecule has 1 aliphatic rings. The number of hydrogen-bond donors (Lipinski definition) is 2. The van der Waals surface area contributed by atoms with Gasteiger partial charge in [-0.3, -0.25) is 4.79 Å². The van der Waals surface area contributed by atoms with Gasteiger partial charge in [0.25, 0.3) is 0 Å². The molecule has 1 amide bonds. The SMILES string of the molecule is O=C(NCc1ccc(Br)s1)[C@@H]1CCCNC1. The van der Waals surface area contributed by atoms with E-state index in [0.717, 1.165) is 29.7 Å². The van der Waals surface area contributed by atoms with Crippen molar-refractivity contribution >= 4 is 33.2 Å². The van der Waals surface area contributed by atoms with E-state index in [1.807, 2.05) is 12.1 Å². The average molecular weight is 303 g/mol. The van der Waals surface area contributed by atoms with Crippen LogP contribution in [0.4, 0.5) is 0 Å². The van der Waals surface area contributed by atoms with Crippen molar-refractivity contribution in [2.45, 2.75) is 19.4 Å². The van der Waals surface area contributed by atoms with Crippen LogP contribution in [0.5, 0.6) is 0 Å². The van der Waals surface area contributed by atoms with Crippen molar-refractivity contribution < 1.29 is 4.79 Å². The van der Waals surface area contributed by atoms with Gasteiger partial charge < -0.3 is 10.6 Å². The molecule has 0 aromatic carbocycles. The Morgan fingerprint density at radius 3 is 3.12 bits per heavy atom. The second kappa shape index (κ2) is 5.80. The number of hydrogen-bond acceptors (Lipinski definition) is 3. The number of amides is 1. The summed E-state index contributed by atoms with van der Waals surface area (Å²) in [6.45, 7) is 2.51. The third kappa shape index (κ3) is 3.30. The Bertz CT molecular complexity index is 361. The molecule has 0 spiro atoms. The maximum atomic E-state index is 11.8. The predicted molar refractivity (Wildman–Crippen MR) is 69.5 cm³/mol. The van der Waals surface area contributed by atoms with Crippen molar-refractivity contribution in [3.8, 4) is 0 Å². The van der Waals surface area contributed by atoms with Gasteiger partial charge in [-0.1, -0.05) is 0 Å². The normalized spacial score (nSPS) is 20.7. The molecule has 88 valence electrons. The molecule has 1 fully saturated rings. The van der Waals surface area contributed by atoms with E-state index >= 15 is 0 Å². The third-order valence-electron chi connectivity index (χ3n) is 2.73. The van der Waals surface area contributed by atoms with E-state index in [-0.39, 0.29) is 11.8 Å². The topological polar surface area (TPSA) is 41.1 Å². The van der Waals surface area contributed by atoms with Crippen LogP contribution < -0.4 is 10.6 Å². The van der Waals surface area contributed by atoms with E-state index in [2.05, 4.69) is 26.6 Å². The molecule has 1 aliphatic heterocycles. The minimum absolute atomic E-state index is 0.150. The van der Waals surface area contributed by atoms with E-state index in [1.54, 1.807) is 11.3 Å². The smallest absolute Gasteiger partial charge is 0.224 e. The van der Waals surface area contributed by atoms with E-state index < -0.39 is 0 Å². The highest BCUT2D eigenvalue weighted by Crippen LogP contribution is 2.21. The molecule has 0 saturated carbocycles.